The summed E-state index contributed by atoms with van der Waals surface area (Å²) in [5, 5.41) is 3.10. The molecule has 0 saturated carbocycles. The Balaban J connectivity index is 1.67. The predicted molar refractivity (Wildman–Crippen MR) is 99.5 cm³/mol. The van der Waals surface area contributed by atoms with Gasteiger partial charge in [-0.1, -0.05) is 23.7 Å². The number of carbonyl (C=O) groups excluding carboxylic acids is 3. The third-order valence-corrected chi connectivity index (χ3v) is 3.81. The van der Waals surface area contributed by atoms with Crippen LogP contribution in [0, 0.1) is 0 Å². The first kappa shape index (κ1) is 18.2. The fourth-order valence-corrected chi connectivity index (χ4v) is 2.36. The maximum Gasteiger partial charge on any atom is 0.291 e. The van der Waals surface area contributed by atoms with Gasteiger partial charge in [0.25, 0.3) is 17.7 Å². The summed E-state index contributed by atoms with van der Waals surface area (Å²) in [6.07, 6.45) is 1.37. The zero-order chi connectivity index (χ0) is 19.2. The molecule has 0 aliphatic heterocycles. The summed E-state index contributed by atoms with van der Waals surface area (Å²) in [5.74, 6) is -1.48. The number of furan rings is 1. The highest BCUT2D eigenvalue weighted by Crippen LogP contribution is 2.16. The van der Waals surface area contributed by atoms with Crippen LogP contribution in [0.5, 0.6) is 0 Å². The topological polar surface area (TPSA) is 100 Å². The van der Waals surface area contributed by atoms with Crippen LogP contribution in [-0.4, -0.2) is 17.7 Å². The molecular weight excluding hydrogens is 370 g/mol. The van der Waals surface area contributed by atoms with Gasteiger partial charge in [-0.05, 0) is 48.5 Å². The molecule has 2 aromatic carbocycles. The van der Waals surface area contributed by atoms with E-state index in [1.165, 1.54) is 30.5 Å². The van der Waals surface area contributed by atoms with Crippen LogP contribution >= 0.6 is 11.6 Å². The summed E-state index contributed by atoms with van der Waals surface area (Å²) >= 11 is 5.78. The van der Waals surface area contributed by atoms with E-state index in [0.29, 0.717) is 10.6 Å². The summed E-state index contributed by atoms with van der Waals surface area (Å²) in [4.78, 5) is 36.6. The first-order valence-corrected chi connectivity index (χ1v) is 8.22. The summed E-state index contributed by atoms with van der Waals surface area (Å²) in [5.41, 5.74) is 5.41. The van der Waals surface area contributed by atoms with Crippen molar-refractivity contribution >= 4 is 35.0 Å². The van der Waals surface area contributed by atoms with Crippen LogP contribution in [-0.2, 0) is 0 Å². The largest absolute Gasteiger partial charge is 0.459 e. The minimum absolute atomic E-state index is 0.112. The van der Waals surface area contributed by atoms with Gasteiger partial charge in [0.15, 0.2) is 5.76 Å². The van der Waals surface area contributed by atoms with Crippen molar-refractivity contribution in [3.8, 4) is 0 Å². The molecule has 8 heteroatoms. The van der Waals surface area contributed by atoms with Gasteiger partial charge in [0, 0.05) is 10.6 Å². The molecule has 0 aliphatic rings. The lowest BCUT2D eigenvalue weighted by Crippen LogP contribution is -2.41. The molecule has 1 heterocycles. The number of hydrogen-bond donors (Lipinski definition) is 3. The highest BCUT2D eigenvalue weighted by Gasteiger charge is 2.16. The fraction of sp³-hybridized carbons (Fsp3) is 0. The van der Waals surface area contributed by atoms with E-state index >= 15 is 0 Å². The van der Waals surface area contributed by atoms with Crippen LogP contribution in [0.3, 0.4) is 0 Å². The van der Waals surface area contributed by atoms with Gasteiger partial charge in [-0.3, -0.25) is 25.2 Å². The number of anilines is 1. The van der Waals surface area contributed by atoms with Crippen molar-refractivity contribution in [1.82, 2.24) is 10.9 Å². The number of hydrogen-bond acceptors (Lipinski definition) is 4. The van der Waals surface area contributed by atoms with Gasteiger partial charge >= 0.3 is 0 Å². The molecular formula is C19H14ClN3O4. The second kappa shape index (κ2) is 8.20. The van der Waals surface area contributed by atoms with Crippen LogP contribution in [0.25, 0.3) is 0 Å². The highest BCUT2D eigenvalue weighted by molar-refractivity contribution is 6.30. The fourth-order valence-electron chi connectivity index (χ4n) is 2.24. The molecule has 0 radical (unpaired) electrons. The van der Waals surface area contributed by atoms with Crippen molar-refractivity contribution in [3.05, 3.63) is 88.8 Å². The van der Waals surface area contributed by atoms with Crippen LogP contribution < -0.4 is 16.2 Å². The highest BCUT2D eigenvalue weighted by atomic mass is 35.5. The molecule has 3 aromatic rings. The smallest absolute Gasteiger partial charge is 0.291 e. The van der Waals surface area contributed by atoms with Gasteiger partial charge in [0.1, 0.15) is 0 Å². The maximum atomic E-state index is 12.4. The Hall–Kier alpha value is -3.58. The van der Waals surface area contributed by atoms with Crippen LogP contribution in [0.15, 0.2) is 71.3 Å². The third kappa shape index (κ3) is 4.53. The third-order valence-electron chi connectivity index (χ3n) is 3.56. The van der Waals surface area contributed by atoms with Gasteiger partial charge in [-0.2, -0.15) is 0 Å². The van der Waals surface area contributed by atoms with Crippen LogP contribution in [0.1, 0.15) is 31.3 Å². The van der Waals surface area contributed by atoms with E-state index in [1.54, 1.807) is 36.4 Å². The molecule has 27 heavy (non-hydrogen) atoms. The Morgan fingerprint density at radius 1 is 0.778 bits per heavy atom. The Morgan fingerprint density at radius 2 is 1.48 bits per heavy atom. The molecule has 0 spiro atoms. The first-order chi connectivity index (χ1) is 13.0. The zero-order valence-electron chi connectivity index (χ0n) is 13.9. The van der Waals surface area contributed by atoms with Gasteiger partial charge in [-0.15, -0.1) is 0 Å². The number of benzene rings is 2. The Kier molecular flexibility index (Phi) is 5.53. The Labute approximate surface area is 159 Å². The zero-order valence-corrected chi connectivity index (χ0v) is 14.6. The lowest BCUT2D eigenvalue weighted by atomic mass is 10.1. The van der Waals surface area contributed by atoms with Crippen molar-refractivity contribution in [2.24, 2.45) is 0 Å². The molecule has 136 valence electrons. The average Bonchev–Trinajstić information content (AvgIpc) is 3.22. The molecule has 7 nitrogen and oxygen atoms in total. The van der Waals surface area contributed by atoms with E-state index in [0.717, 1.165) is 0 Å². The molecule has 0 unspecified atom stereocenters. The minimum Gasteiger partial charge on any atom is -0.459 e. The van der Waals surface area contributed by atoms with E-state index in [-0.39, 0.29) is 17.0 Å². The average molecular weight is 384 g/mol. The van der Waals surface area contributed by atoms with Crippen molar-refractivity contribution in [2.45, 2.75) is 0 Å². The van der Waals surface area contributed by atoms with E-state index in [4.69, 9.17) is 16.0 Å². The number of amides is 3. The van der Waals surface area contributed by atoms with Crippen molar-refractivity contribution < 1.29 is 18.8 Å². The number of carbonyl (C=O) groups is 3. The van der Waals surface area contributed by atoms with Gasteiger partial charge < -0.3 is 9.73 Å². The Morgan fingerprint density at radius 3 is 2.19 bits per heavy atom. The summed E-state index contributed by atoms with van der Waals surface area (Å²) in [7, 11) is 0. The normalized spacial score (nSPS) is 10.1. The van der Waals surface area contributed by atoms with Gasteiger partial charge in [0.05, 0.1) is 17.5 Å². The molecule has 0 bridgehead atoms. The minimum atomic E-state index is -0.590. The lowest BCUT2D eigenvalue weighted by molar-refractivity contribution is 0.0847. The summed E-state index contributed by atoms with van der Waals surface area (Å²) in [6, 6.07) is 15.7. The second-order valence-corrected chi connectivity index (χ2v) is 5.83. The number of nitrogens with one attached hydrogen (secondary N) is 3. The van der Waals surface area contributed by atoms with Crippen molar-refractivity contribution in [2.75, 3.05) is 5.32 Å². The summed E-state index contributed by atoms with van der Waals surface area (Å²) in [6.45, 7) is 0. The molecule has 3 rings (SSSR count). The SMILES string of the molecule is O=C(NNC(=O)c1ccccc1NC(=O)c1ccco1)c1ccc(Cl)cc1. The van der Waals surface area contributed by atoms with Gasteiger partial charge in [-0.25, -0.2) is 0 Å². The second-order valence-electron chi connectivity index (χ2n) is 5.39. The summed E-state index contributed by atoms with van der Waals surface area (Å²) < 4.78 is 5.03. The molecule has 3 N–H and O–H groups in total. The van der Waals surface area contributed by atoms with E-state index in [9.17, 15) is 14.4 Å². The molecule has 3 amide bonds. The maximum absolute atomic E-state index is 12.4. The first-order valence-electron chi connectivity index (χ1n) is 7.85. The van der Waals surface area contributed by atoms with E-state index in [1.807, 2.05) is 0 Å². The number of para-hydroxylation sites is 1. The number of halogens is 1. The van der Waals surface area contributed by atoms with E-state index < -0.39 is 17.7 Å². The predicted octanol–water partition coefficient (Wildman–Crippen LogP) is 3.26. The Bertz CT molecular complexity index is 969. The van der Waals surface area contributed by atoms with Crippen LogP contribution in [0.2, 0.25) is 5.02 Å². The molecule has 0 saturated heterocycles. The van der Waals surface area contributed by atoms with Crippen molar-refractivity contribution in [3.63, 3.8) is 0 Å². The van der Waals surface area contributed by atoms with Crippen LogP contribution in [0.4, 0.5) is 5.69 Å². The van der Waals surface area contributed by atoms with Crippen molar-refractivity contribution in [1.29, 1.82) is 0 Å². The van der Waals surface area contributed by atoms with Gasteiger partial charge in [0.2, 0.25) is 0 Å². The number of hydrazine groups is 1. The monoisotopic (exact) mass is 383 g/mol. The molecule has 1 aromatic heterocycles. The molecule has 0 fully saturated rings. The van der Waals surface area contributed by atoms with E-state index in [2.05, 4.69) is 16.2 Å². The quantitative estimate of drug-likeness (QED) is 0.602. The molecule has 0 aliphatic carbocycles. The standard InChI is InChI=1S/C19H14ClN3O4/c20-13-9-7-12(8-10-13)17(24)22-23-18(25)14-4-1-2-5-15(14)21-19(26)16-6-3-11-27-16/h1-11H,(H,21,26)(H,22,24)(H,23,25). The lowest BCUT2D eigenvalue weighted by Gasteiger charge is -2.11. The molecule has 0 atom stereocenters. The number of rotatable bonds is 4.